The molecule has 5 nitrogen and oxygen atoms in total. The molecule has 1 atom stereocenters. The van der Waals surface area contributed by atoms with E-state index < -0.39 is 38.7 Å². The van der Waals surface area contributed by atoms with Crippen molar-refractivity contribution >= 4 is 38.9 Å². The summed E-state index contributed by atoms with van der Waals surface area (Å²) in [6.45, 7) is 4.95. The lowest BCUT2D eigenvalue weighted by molar-refractivity contribution is -0.137. The summed E-state index contributed by atoms with van der Waals surface area (Å²) in [4.78, 5) is 12.7. The Bertz CT molecular complexity index is 1040. The first-order chi connectivity index (χ1) is 13.2. The van der Waals surface area contributed by atoms with Gasteiger partial charge in [-0.25, -0.2) is 8.42 Å². The third-order valence-electron chi connectivity index (χ3n) is 4.24. The zero-order chi connectivity index (χ0) is 22.1. The largest absolute Gasteiger partial charge is 0.417 e. The molecule has 0 radical (unpaired) electrons. The van der Waals surface area contributed by atoms with Crippen LogP contribution in [0.2, 0.25) is 5.02 Å². The van der Waals surface area contributed by atoms with Crippen LogP contribution >= 0.6 is 11.6 Å². The Labute approximate surface area is 172 Å². The van der Waals surface area contributed by atoms with E-state index in [0.717, 1.165) is 29.5 Å². The SMILES string of the molecule is Cc1ccc(NC(=O)[C@@H](C)N(c2ccc(Cl)c(C(F)(F)F)c2)S(C)(=O)=O)c(C)c1. The predicted molar refractivity (Wildman–Crippen MR) is 108 cm³/mol. The number of nitrogens with one attached hydrogen (secondary N) is 1. The summed E-state index contributed by atoms with van der Waals surface area (Å²) in [5, 5.41) is 2.05. The summed E-state index contributed by atoms with van der Waals surface area (Å²) >= 11 is 5.61. The van der Waals surface area contributed by atoms with E-state index in [-0.39, 0.29) is 5.69 Å². The Kier molecular flexibility index (Phi) is 6.54. The number of aryl methyl sites for hydroxylation is 2. The standard InChI is InChI=1S/C19H20ClF3N2O3S/c1-11-5-8-17(12(2)9-11)24-18(26)13(3)25(29(4,27)28)14-6-7-16(20)15(10-14)19(21,22)23/h5-10,13H,1-4H3,(H,24,26)/t13-/m1/s1. The maximum absolute atomic E-state index is 13.2. The second kappa shape index (κ2) is 8.23. The molecule has 0 aromatic heterocycles. The normalized spacial score (nSPS) is 13.1. The topological polar surface area (TPSA) is 66.5 Å². The quantitative estimate of drug-likeness (QED) is 0.716. The number of rotatable bonds is 5. The fourth-order valence-corrected chi connectivity index (χ4v) is 4.26. The van der Waals surface area contributed by atoms with Crippen LogP contribution in [-0.4, -0.2) is 26.6 Å². The van der Waals surface area contributed by atoms with Gasteiger partial charge in [-0.15, -0.1) is 0 Å². The molecule has 2 aromatic carbocycles. The Hall–Kier alpha value is -2.26. The number of halogens is 4. The molecule has 1 amide bonds. The highest BCUT2D eigenvalue weighted by Crippen LogP contribution is 2.37. The van der Waals surface area contributed by atoms with Crippen LogP contribution in [0.4, 0.5) is 24.5 Å². The molecule has 10 heteroatoms. The number of benzene rings is 2. The van der Waals surface area contributed by atoms with Gasteiger partial charge in [0.1, 0.15) is 6.04 Å². The molecule has 0 bridgehead atoms. The molecule has 0 spiro atoms. The van der Waals surface area contributed by atoms with Gasteiger partial charge in [0.25, 0.3) is 0 Å². The van der Waals surface area contributed by atoms with Gasteiger partial charge in [0.2, 0.25) is 15.9 Å². The van der Waals surface area contributed by atoms with E-state index in [2.05, 4.69) is 5.32 Å². The van der Waals surface area contributed by atoms with Crippen molar-refractivity contribution in [3.8, 4) is 0 Å². The molecular weight excluding hydrogens is 429 g/mol. The predicted octanol–water partition coefficient (Wildman–Crippen LogP) is 4.77. The molecule has 0 unspecified atom stereocenters. The van der Waals surface area contributed by atoms with Crippen molar-refractivity contribution in [1.29, 1.82) is 0 Å². The third kappa shape index (κ3) is 5.42. The molecule has 2 rings (SSSR count). The van der Waals surface area contributed by atoms with Gasteiger partial charge < -0.3 is 5.32 Å². The van der Waals surface area contributed by atoms with Gasteiger partial charge in [-0.3, -0.25) is 9.10 Å². The van der Waals surface area contributed by atoms with Crippen LogP contribution < -0.4 is 9.62 Å². The molecule has 0 aliphatic heterocycles. The van der Waals surface area contributed by atoms with Crippen molar-refractivity contribution < 1.29 is 26.4 Å². The van der Waals surface area contributed by atoms with Crippen molar-refractivity contribution in [2.75, 3.05) is 15.9 Å². The molecule has 0 aliphatic carbocycles. The Balaban J connectivity index is 2.44. The van der Waals surface area contributed by atoms with Gasteiger partial charge in [-0.05, 0) is 50.6 Å². The van der Waals surface area contributed by atoms with Gasteiger partial charge in [-0.2, -0.15) is 13.2 Å². The first-order valence-electron chi connectivity index (χ1n) is 8.46. The lowest BCUT2D eigenvalue weighted by atomic mass is 10.1. The zero-order valence-corrected chi connectivity index (χ0v) is 17.7. The van der Waals surface area contributed by atoms with Crippen LogP contribution in [0, 0.1) is 13.8 Å². The van der Waals surface area contributed by atoms with Crippen molar-refractivity contribution in [2.45, 2.75) is 33.0 Å². The first kappa shape index (κ1) is 23.0. The maximum atomic E-state index is 13.2. The highest BCUT2D eigenvalue weighted by Gasteiger charge is 2.36. The minimum absolute atomic E-state index is 0.312. The van der Waals surface area contributed by atoms with Crippen LogP contribution in [-0.2, 0) is 21.0 Å². The minimum Gasteiger partial charge on any atom is -0.324 e. The van der Waals surface area contributed by atoms with Crippen LogP contribution in [0.5, 0.6) is 0 Å². The van der Waals surface area contributed by atoms with Gasteiger partial charge >= 0.3 is 6.18 Å². The number of hydrogen-bond donors (Lipinski definition) is 1. The molecule has 29 heavy (non-hydrogen) atoms. The van der Waals surface area contributed by atoms with E-state index >= 15 is 0 Å². The summed E-state index contributed by atoms with van der Waals surface area (Å²) in [6.07, 6.45) is -3.96. The average Bonchev–Trinajstić information content (AvgIpc) is 2.56. The lowest BCUT2D eigenvalue weighted by Crippen LogP contribution is -2.45. The number of sulfonamides is 1. The number of hydrogen-bond acceptors (Lipinski definition) is 3. The van der Waals surface area contributed by atoms with E-state index in [1.54, 1.807) is 19.1 Å². The average molecular weight is 449 g/mol. The van der Waals surface area contributed by atoms with E-state index in [0.29, 0.717) is 16.1 Å². The number of alkyl halides is 3. The maximum Gasteiger partial charge on any atom is 0.417 e. The van der Waals surface area contributed by atoms with Gasteiger partial charge in [-0.1, -0.05) is 29.3 Å². The summed E-state index contributed by atoms with van der Waals surface area (Å²) < 4.78 is 64.8. The van der Waals surface area contributed by atoms with Gasteiger partial charge in [0.05, 0.1) is 22.5 Å². The molecule has 0 saturated heterocycles. The van der Waals surface area contributed by atoms with Crippen LogP contribution in [0.15, 0.2) is 36.4 Å². The summed E-state index contributed by atoms with van der Waals surface area (Å²) in [5.41, 5.74) is 0.724. The van der Waals surface area contributed by atoms with E-state index in [9.17, 15) is 26.4 Å². The highest BCUT2D eigenvalue weighted by atomic mass is 35.5. The summed E-state index contributed by atoms with van der Waals surface area (Å²) in [5.74, 6) is -0.689. The van der Waals surface area contributed by atoms with E-state index in [1.807, 2.05) is 13.0 Å². The lowest BCUT2D eigenvalue weighted by Gasteiger charge is -2.29. The number of nitrogens with zero attached hydrogens (tertiary/aromatic N) is 1. The number of carbonyl (C=O) groups excluding carboxylic acids is 1. The van der Waals surface area contributed by atoms with Crippen molar-refractivity contribution in [3.05, 3.63) is 58.1 Å². The van der Waals surface area contributed by atoms with Crippen molar-refractivity contribution in [1.82, 2.24) is 0 Å². The smallest absolute Gasteiger partial charge is 0.324 e. The number of anilines is 2. The monoisotopic (exact) mass is 448 g/mol. The number of amides is 1. The van der Waals surface area contributed by atoms with Gasteiger partial charge in [0.15, 0.2) is 0 Å². The third-order valence-corrected chi connectivity index (χ3v) is 5.81. The highest BCUT2D eigenvalue weighted by molar-refractivity contribution is 7.92. The molecule has 158 valence electrons. The minimum atomic E-state index is -4.78. The van der Waals surface area contributed by atoms with Crippen LogP contribution in [0.25, 0.3) is 0 Å². The fraction of sp³-hybridized carbons (Fsp3) is 0.316. The summed E-state index contributed by atoms with van der Waals surface area (Å²) in [7, 11) is -4.08. The molecule has 2 aromatic rings. The first-order valence-corrected chi connectivity index (χ1v) is 10.7. The second-order valence-electron chi connectivity index (χ2n) is 6.70. The molecule has 0 aliphatic rings. The van der Waals surface area contributed by atoms with Gasteiger partial charge in [0, 0.05) is 5.69 Å². The Morgan fingerprint density at radius 2 is 1.76 bits per heavy atom. The fourth-order valence-electron chi connectivity index (χ4n) is 2.87. The summed E-state index contributed by atoms with van der Waals surface area (Å²) in [6, 6.07) is 6.66. The molecule has 1 N–H and O–H groups in total. The van der Waals surface area contributed by atoms with E-state index in [4.69, 9.17) is 11.6 Å². The van der Waals surface area contributed by atoms with Crippen molar-refractivity contribution in [3.63, 3.8) is 0 Å². The molecule has 0 fully saturated rings. The molecule has 0 saturated carbocycles. The number of carbonyl (C=O) groups is 1. The van der Waals surface area contributed by atoms with Crippen molar-refractivity contribution in [2.24, 2.45) is 0 Å². The second-order valence-corrected chi connectivity index (χ2v) is 8.97. The van der Waals surface area contributed by atoms with E-state index in [1.165, 1.54) is 6.92 Å². The van der Waals surface area contributed by atoms with Crippen LogP contribution in [0.1, 0.15) is 23.6 Å². The molecule has 0 heterocycles. The zero-order valence-electron chi connectivity index (χ0n) is 16.1. The van der Waals surface area contributed by atoms with Crippen LogP contribution in [0.3, 0.4) is 0 Å². The Morgan fingerprint density at radius 1 is 1.14 bits per heavy atom. The Morgan fingerprint density at radius 3 is 2.28 bits per heavy atom. The molecular formula is C19H20ClF3N2O3S.